The molecule has 7 heteroatoms. The number of nitrogens with two attached hydrogens (primary N) is 1. The molecule has 2 rings (SSSR count). The molecule has 100 valence electrons. The lowest BCUT2D eigenvalue weighted by Gasteiger charge is -2.37. The van der Waals surface area contributed by atoms with E-state index in [9.17, 15) is 4.79 Å². The molecule has 1 aliphatic rings. The number of amides is 1. The normalized spacial score (nSPS) is 15.2. The van der Waals surface area contributed by atoms with E-state index in [1.807, 2.05) is 0 Å². The summed E-state index contributed by atoms with van der Waals surface area (Å²) in [5.74, 6) is 0.141. The zero-order chi connectivity index (χ0) is 13.1. The molecule has 1 amide bonds. The third-order valence-corrected chi connectivity index (χ3v) is 4.26. The summed E-state index contributed by atoms with van der Waals surface area (Å²) in [5, 5.41) is 12.6. The van der Waals surface area contributed by atoms with Crippen LogP contribution in [-0.4, -0.2) is 47.1 Å². The van der Waals surface area contributed by atoms with Crippen LogP contribution in [0.5, 0.6) is 0 Å². The first-order valence-electron chi connectivity index (χ1n) is 6.03. The van der Waals surface area contributed by atoms with Gasteiger partial charge < -0.3 is 21.1 Å². The minimum absolute atomic E-state index is 0.0279. The molecule has 1 aliphatic carbocycles. The van der Waals surface area contributed by atoms with Crippen LogP contribution in [0, 0.1) is 0 Å². The molecule has 0 aliphatic heterocycles. The van der Waals surface area contributed by atoms with Crippen molar-refractivity contribution in [2.45, 2.75) is 25.3 Å². The fourth-order valence-electron chi connectivity index (χ4n) is 1.98. The Morgan fingerprint density at radius 2 is 2.39 bits per heavy atom. The van der Waals surface area contributed by atoms with E-state index in [0.29, 0.717) is 16.6 Å². The second kappa shape index (κ2) is 5.53. The number of carbonyl (C=O) groups is 1. The van der Waals surface area contributed by atoms with Gasteiger partial charge in [0.25, 0.3) is 5.91 Å². The van der Waals surface area contributed by atoms with E-state index in [1.165, 1.54) is 11.3 Å². The maximum atomic E-state index is 12.4. The Kier molecular flexibility index (Phi) is 4.03. The fourth-order valence-corrected chi connectivity index (χ4v) is 2.77. The predicted molar refractivity (Wildman–Crippen MR) is 71.8 cm³/mol. The molecule has 1 aromatic rings. The van der Waals surface area contributed by atoms with Crippen molar-refractivity contribution in [3.05, 3.63) is 4.88 Å². The van der Waals surface area contributed by atoms with Crippen LogP contribution in [-0.2, 0) is 0 Å². The van der Waals surface area contributed by atoms with Crippen molar-refractivity contribution >= 4 is 28.2 Å². The van der Waals surface area contributed by atoms with Gasteiger partial charge in [-0.25, -0.2) is 4.98 Å². The monoisotopic (exact) mass is 270 g/mol. The average molecular weight is 270 g/mol. The first-order valence-corrected chi connectivity index (χ1v) is 6.85. The van der Waals surface area contributed by atoms with Crippen LogP contribution in [0.25, 0.3) is 0 Å². The number of nitrogens with one attached hydrogen (secondary N) is 1. The van der Waals surface area contributed by atoms with E-state index in [1.54, 1.807) is 11.9 Å². The summed E-state index contributed by atoms with van der Waals surface area (Å²) in [5.41, 5.74) is 5.76. The topological polar surface area (TPSA) is 91.5 Å². The van der Waals surface area contributed by atoms with E-state index in [-0.39, 0.29) is 24.4 Å². The Bertz CT molecular complexity index is 431. The summed E-state index contributed by atoms with van der Waals surface area (Å²) in [6, 6.07) is 0.240. The standard InChI is InChI=1S/C11H18N4O2S/c1-13-11-14-9(12)8(18-11)10(17)15(5-6-16)7-3-2-4-7/h7,16H,2-6,12H2,1H3,(H,13,14). The molecule has 18 heavy (non-hydrogen) atoms. The van der Waals surface area contributed by atoms with Gasteiger partial charge in [-0.1, -0.05) is 11.3 Å². The highest BCUT2D eigenvalue weighted by Crippen LogP contribution is 2.30. The second-order valence-electron chi connectivity index (χ2n) is 4.29. The van der Waals surface area contributed by atoms with Gasteiger partial charge in [0.05, 0.1) is 6.61 Å². The van der Waals surface area contributed by atoms with E-state index < -0.39 is 0 Å². The van der Waals surface area contributed by atoms with Gasteiger partial charge in [-0.15, -0.1) is 0 Å². The first kappa shape index (κ1) is 13.1. The highest BCUT2D eigenvalue weighted by atomic mass is 32.1. The fraction of sp³-hybridized carbons (Fsp3) is 0.636. The number of anilines is 2. The van der Waals surface area contributed by atoms with Crippen LogP contribution in [0.1, 0.15) is 28.9 Å². The maximum Gasteiger partial charge on any atom is 0.268 e. The van der Waals surface area contributed by atoms with Crippen LogP contribution in [0.4, 0.5) is 10.9 Å². The number of rotatable bonds is 5. The van der Waals surface area contributed by atoms with E-state index >= 15 is 0 Å². The van der Waals surface area contributed by atoms with E-state index in [2.05, 4.69) is 10.3 Å². The van der Waals surface area contributed by atoms with Gasteiger partial charge in [0.2, 0.25) is 0 Å². The molecule has 1 aromatic heterocycles. The zero-order valence-electron chi connectivity index (χ0n) is 10.3. The summed E-state index contributed by atoms with van der Waals surface area (Å²) in [7, 11) is 1.74. The quantitative estimate of drug-likeness (QED) is 0.734. The summed E-state index contributed by atoms with van der Waals surface area (Å²) >= 11 is 1.25. The minimum Gasteiger partial charge on any atom is -0.395 e. The first-order chi connectivity index (χ1) is 8.67. The van der Waals surface area contributed by atoms with E-state index in [0.717, 1.165) is 19.3 Å². The number of aliphatic hydroxyl groups is 1. The Balaban J connectivity index is 2.18. The molecule has 1 heterocycles. The van der Waals surface area contributed by atoms with Gasteiger partial charge in [-0.05, 0) is 19.3 Å². The number of thiazole rings is 1. The molecular formula is C11H18N4O2S. The van der Waals surface area contributed by atoms with E-state index in [4.69, 9.17) is 10.8 Å². The number of aromatic nitrogens is 1. The van der Waals surface area contributed by atoms with Crippen molar-refractivity contribution in [3.63, 3.8) is 0 Å². The van der Waals surface area contributed by atoms with Gasteiger partial charge in [-0.3, -0.25) is 4.79 Å². The molecule has 0 radical (unpaired) electrons. The summed E-state index contributed by atoms with van der Waals surface area (Å²) in [6.07, 6.45) is 3.15. The summed E-state index contributed by atoms with van der Waals surface area (Å²) in [4.78, 5) is 18.6. The van der Waals surface area contributed by atoms with Crippen molar-refractivity contribution in [3.8, 4) is 0 Å². The third-order valence-electron chi connectivity index (χ3n) is 3.18. The second-order valence-corrected chi connectivity index (χ2v) is 5.29. The van der Waals surface area contributed by atoms with Crippen LogP contribution in [0.3, 0.4) is 0 Å². The number of hydrogen-bond donors (Lipinski definition) is 3. The Morgan fingerprint density at radius 3 is 2.83 bits per heavy atom. The van der Waals surface area contributed by atoms with Crippen molar-refractivity contribution in [1.29, 1.82) is 0 Å². The molecular weight excluding hydrogens is 252 g/mol. The molecule has 6 nitrogen and oxygen atoms in total. The number of carbonyl (C=O) groups excluding carboxylic acids is 1. The highest BCUT2D eigenvalue weighted by Gasteiger charge is 2.31. The Morgan fingerprint density at radius 1 is 1.67 bits per heavy atom. The number of hydrogen-bond acceptors (Lipinski definition) is 6. The van der Waals surface area contributed by atoms with Crippen LogP contribution in [0.15, 0.2) is 0 Å². The lowest BCUT2D eigenvalue weighted by atomic mass is 9.91. The summed E-state index contributed by atoms with van der Waals surface area (Å²) < 4.78 is 0. The smallest absolute Gasteiger partial charge is 0.268 e. The lowest BCUT2D eigenvalue weighted by molar-refractivity contribution is 0.0531. The van der Waals surface area contributed by atoms with Gasteiger partial charge in [0.1, 0.15) is 10.7 Å². The number of nitrogens with zero attached hydrogens (tertiary/aromatic N) is 2. The number of nitrogen functional groups attached to an aromatic ring is 1. The molecule has 4 N–H and O–H groups in total. The predicted octanol–water partition coefficient (Wildman–Crippen LogP) is 0.754. The molecule has 0 spiro atoms. The molecule has 0 atom stereocenters. The largest absolute Gasteiger partial charge is 0.395 e. The van der Waals surface area contributed by atoms with Crippen molar-refractivity contribution in [2.24, 2.45) is 0 Å². The molecule has 1 fully saturated rings. The van der Waals surface area contributed by atoms with Crippen LogP contribution >= 0.6 is 11.3 Å². The summed E-state index contributed by atoms with van der Waals surface area (Å²) in [6.45, 7) is 0.329. The third kappa shape index (κ3) is 2.41. The Labute approximate surface area is 110 Å². The SMILES string of the molecule is CNc1nc(N)c(C(=O)N(CCO)C2CCC2)s1. The van der Waals surface area contributed by atoms with Crippen molar-refractivity contribution in [1.82, 2.24) is 9.88 Å². The number of aliphatic hydroxyl groups excluding tert-OH is 1. The molecule has 0 saturated heterocycles. The minimum atomic E-state index is -0.120. The van der Waals surface area contributed by atoms with Crippen molar-refractivity contribution in [2.75, 3.05) is 31.2 Å². The van der Waals surface area contributed by atoms with Gasteiger partial charge >= 0.3 is 0 Å². The van der Waals surface area contributed by atoms with Crippen LogP contribution in [0.2, 0.25) is 0 Å². The molecule has 0 unspecified atom stereocenters. The molecule has 1 saturated carbocycles. The Hall–Kier alpha value is -1.34. The molecule has 0 bridgehead atoms. The van der Waals surface area contributed by atoms with Gasteiger partial charge in [0.15, 0.2) is 5.13 Å². The zero-order valence-corrected chi connectivity index (χ0v) is 11.2. The highest BCUT2D eigenvalue weighted by molar-refractivity contribution is 7.18. The van der Waals surface area contributed by atoms with Crippen molar-refractivity contribution < 1.29 is 9.90 Å². The maximum absolute atomic E-state index is 12.4. The average Bonchev–Trinajstić information content (AvgIpc) is 2.67. The molecule has 0 aromatic carbocycles. The van der Waals surface area contributed by atoms with Gasteiger partial charge in [0, 0.05) is 19.6 Å². The van der Waals surface area contributed by atoms with Gasteiger partial charge in [-0.2, -0.15) is 0 Å². The lowest BCUT2D eigenvalue weighted by Crippen LogP contribution is -2.45. The van der Waals surface area contributed by atoms with Crippen LogP contribution < -0.4 is 11.1 Å².